The van der Waals surface area contributed by atoms with E-state index >= 15 is 0 Å². The molecular weight excluding hydrogens is 308 g/mol. The molecule has 1 aromatic carbocycles. The summed E-state index contributed by atoms with van der Waals surface area (Å²) >= 11 is 0. The number of imide groups is 1. The molecule has 1 fully saturated rings. The summed E-state index contributed by atoms with van der Waals surface area (Å²) in [5, 5.41) is 0. The molecule has 0 aliphatic carbocycles. The van der Waals surface area contributed by atoms with Gasteiger partial charge in [0.15, 0.2) is 0 Å². The van der Waals surface area contributed by atoms with Crippen LogP contribution < -0.4 is 0 Å². The summed E-state index contributed by atoms with van der Waals surface area (Å²) in [6, 6.07) is 6.70. The molecule has 0 radical (unpaired) electrons. The lowest BCUT2D eigenvalue weighted by Gasteiger charge is -2.31. The fourth-order valence-corrected chi connectivity index (χ4v) is 3.34. The highest BCUT2D eigenvalue weighted by atomic mass is 16.2. The second-order valence-electron chi connectivity index (χ2n) is 6.32. The van der Waals surface area contributed by atoms with Crippen LogP contribution in [0, 0.1) is 5.92 Å². The van der Waals surface area contributed by atoms with Gasteiger partial charge in [-0.2, -0.15) is 0 Å². The lowest BCUT2D eigenvalue weighted by Crippen LogP contribution is -2.41. The summed E-state index contributed by atoms with van der Waals surface area (Å²) in [5.41, 5.74) is 0.800. The first-order chi connectivity index (χ1) is 11.5. The third-order valence-electron chi connectivity index (χ3n) is 4.85. The zero-order valence-electron chi connectivity index (χ0n) is 13.7. The van der Waals surface area contributed by atoms with Gasteiger partial charge in [0, 0.05) is 32.0 Å². The number of benzene rings is 1. The van der Waals surface area contributed by atoms with Crippen molar-refractivity contribution in [1.82, 2.24) is 9.80 Å². The van der Waals surface area contributed by atoms with E-state index in [2.05, 4.69) is 0 Å². The number of carbonyl (C=O) groups is 4. The number of likely N-dealkylation sites (tertiary alicyclic amines) is 1. The molecule has 0 unspecified atom stereocenters. The molecule has 0 saturated carbocycles. The average Bonchev–Trinajstić information content (AvgIpc) is 2.84. The molecular formula is C18H20N2O4. The first kappa shape index (κ1) is 16.4. The van der Waals surface area contributed by atoms with Crippen molar-refractivity contribution in [2.75, 3.05) is 19.6 Å². The largest absolute Gasteiger partial charge is 0.343 e. The van der Waals surface area contributed by atoms with Crippen molar-refractivity contribution in [2.45, 2.75) is 26.2 Å². The Morgan fingerprint density at radius 3 is 2.08 bits per heavy atom. The van der Waals surface area contributed by atoms with Gasteiger partial charge in [0.1, 0.15) is 5.78 Å². The SMILES string of the molecule is CC(=O)C1CCN(C(=O)CCN2C(=O)c3ccccc3C2=O)CC1. The van der Waals surface area contributed by atoms with Crippen molar-refractivity contribution in [3.05, 3.63) is 35.4 Å². The lowest BCUT2D eigenvalue weighted by atomic mass is 9.93. The van der Waals surface area contributed by atoms with E-state index in [1.54, 1.807) is 36.1 Å². The van der Waals surface area contributed by atoms with Gasteiger partial charge in [0.05, 0.1) is 11.1 Å². The third kappa shape index (κ3) is 2.96. The molecule has 1 saturated heterocycles. The molecule has 3 rings (SSSR count). The van der Waals surface area contributed by atoms with Crippen molar-refractivity contribution >= 4 is 23.5 Å². The van der Waals surface area contributed by atoms with E-state index in [0.717, 1.165) is 4.90 Å². The number of piperidine rings is 1. The maximum absolute atomic E-state index is 12.3. The molecule has 0 N–H and O–H groups in total. The van der Waals surface area contributed by atoms with E-state index in [0.29, 0.717) is 37.1 Å². The summed E-state index contributed by atoms with van der Waals surface area (Å²) in [6.45, 7) is 2.80. The maximum Gasteiger partial charge on any atom is 0.261 e. The summed E-state index contributed by atoms with van der Waals surface area (Å²) in [5.74, 6) is -0.524. The number of amides is 3. The molecule has 0 atom stereocenters. The fourth-order valence-electron chi connectivity index (χ4n) is 3.34. The fraction of sp³-hybridized carbons (Fsp3) is 0.444. The molecule has 24 heavy (non-hydrogen) atoms. The highest BCUT2D eigenvalue weighted by Crippen LogP contribution is 2.23. The van der Waals surface area contributed by atoms with Gasteiger partial charge in [-0.05, 0) is 31.9 Å². The van der Waals surface area contributed by atoms with Crippen LogP contribution in [0.3, 0.4) is 0 Å². The number of hydrogen-bond acceptors (Lipinski definition) is 4. The van der Waals surface area contributed by atoms with Gasteiger partial charge in [-0.3, -0.25) is 24.1 Å². The Balaban J connectivity index is 1.55. The van der Waals surface area contributed by atoms with Gasteiger partial charge in [0.25, 0.3) is 11.8 Å². The van der Waals surface area contributed by atoms with Crippen LogP contribution >= 0.6 is 0 Å². The Morgan fingerprint density at radius 2 is 1.58 bits per heavy atom. The first-order valence-electron chi connectivity index (χ1n) is 8.22. The van der Waals surface area contributed by atoms with Crippen molar-refractivity contribution in [2.24, 2.45) is 5.92 Å². The van der Waals surface area contributed by atoms with Crippen LogP contribution in [0.25, 0.3) is 0 Å². The highest BCUT2D eigenvalue weighted by Gasteiger charge is 2.35. The molecule has 2 aliphatic heterocycles. The van der Waals surface area contributed by atoms with E-state index in [-0.39, 0.29) is 42.4 Å². The van der Waals surface area contributed by atoms with Crippen molar-refractivity contribution in [3.8, 4) is 0 Å². The number of Topliss-reactive ketones (excluding diaryl/α,β-unsaturated/α-hetero) is 1. The predicted octanol–water partition coefficient (Wildman–Crippen LogP) is 1.50. The molecule has 0 spiro atoms. The second-order valence-corrected chi connectivity index (χ2v) is 6.32. The first-order valence-corrected chi connectivity index (χ1v) is 8.22. The molecule has 6 heteroatoms. The van der Waals surface area contributed by atoms with Gasteiger partial charge < -0.3 is 4.90 Å². The smallest absolute Gasteiger partial charge is 0.261 e. The Bertz CT molecular complexity index is 670. The molecule has 0 bridgehead atoms. The van der Waals surface area contributed by atoms with E-state index in [1.165, 1.54) is 0 Å². The zero-order valence-corrected chi connectivity index (χ0v) is 13.7. The van der Waals surface area contributed by atoms with E-state index in [9.17, 15) is 19.2 Å². The van der Waals surface area contributed by atoms with Crippen LogP contribution in [0.5, 0.6) is 0 Å². The van der Waals surface area contributed by atoms with Crippen molar-refractivity contribution in [1.29, 1.82) is 0 Å². The summed E-state index contributed by atoms with van der Waals surface area (Å²) in [6.07, 6.45) is 1.50. The summed E-state index contributed by atoms with van der Waals surface area (Å²) in [4.78, 5) is 51.1. The van der Waals surface area contributed by atoms with Crippen LogP contribution in [0.1, 0.15) is 46.9 Å². The Kier molecular flexibility index (Phi) is 4.46. The minimum Gasteiger partial charge on any atom is -0.343 e. The topological polar surface area (TPSA) is 74.8 Å². The number of carbonyl (C=O) groups excluding carboxylic acids is 4. The predicted molar refractivity (Wildman–Crippen MR) is 86.4 cm³/mol. The van der Waals surface area contributed by atoms with Crippen LogP contribution in [0.15, 0.2) is 24.3 Å². The van der Waals surface area contributed by atoms with Gasteiger partial charge in [-0.15, -0.1) is 0 Å². The molecule has 2 heterocycles. The Labute approximate surface area is 140 Å². The Hall–Kier alpha value is -2.50. The van der Waals surface area contributed by atoms with E-state index < -0.39 is 0 Å². The number of rotatable bonds is 4. The normalized spacial score (nSPS) is 18.0. The standard InChI is InChI=1S/C18H20N2O4/c1-12(21)13-6-9-19(10-7-13)16(22)8-11-20-17(23)14-4-2-3-5-15(14)18(20)24/h2-5,13H,6-11H2,1H3. The minimum absolute atomic E-state index is 0.0466. The molecule has 6 nitrogen and oxygen atoms in total. The lowest BCUT2D eigenvalue weighted by molar-refractivity contribution is -0.134. The van der Waals surface area contributed by atoms with E-state index in [4.69, 9.17) is 0 Å². The number of ketones is 1. The third-order valence-corrected chi connectivity index (χ3v) is 4.85. The molecule has 0 aromatic heterocycles. The maximum atomic E-state index is 12.3. The van der Waals surface area contributed by atoms with Gasteiger partial charge in [0.2, 0.25) is 5.91 Å². The monoisotopic (exact) mass is 328 g/mol. The quantitative estimate of drug-likeness (QED) is 0.785. The zero-order chi connectivity index (χ0) is 17.3. The van der Waals surface area contributed by atoms with Crippen molar-refractivity contribution in [3.63, 3.8) is 0 Å². The van der Waals surface area contributed by atoms with Gasteiger partial charge >= 0.3 is 0 Å². The Morgan fingerprint density at radius 1 is 1.04 bits per heavy atom. The van der Waals surface area contributed by atoms with Gasteiger partial charge in [-0.25, -0.2) is 0 Å². The molecule has 126 valence electrons. The van der Waals surface area contributed by atoms with Crippen LogP contribution in [0.2, 0.25) is 0 Å². The molecule has 3 amide bonds. The summed E-state index contributed by atoms with van der Waals surface area (Å²) < 4.78 is 0. The van der Waals surface area contributed by atoms with Crippen molar-refractivity contribution < 1.29 is 19.2 Å². The average molecular weight is 328 g/mol. The number of nitrogens with zero attached hydrogens (tertiary/aromatic N) is 2. The minimum atomic E-state index is -0.335. The second kappa shape index (κ2) is 6.55. The molecule has 1 aromatic rings. The summed E-state index contributed by atoms with van der Waals surface area (Å²) in [7, 11) is 0. The highest BCUT2D eigenvalue weighted by molar-refractivity contribution is 6.21. The van der Waals surface area contributed by atoms with Crippen LogP contribution in [-0.4, -0.2) is 52.9 Å². The number of hydrogen-bond donors (Lipinski definition) is 0. The number of fused-ring (bicyclic) bond motifs is 1. The van der Waals surface area contributed by atoms with Gasteiger partial charge in [-0.1, -0.05) is 12.1 Å². The van der Waals surface area contributed by atoms with Crippen LogP contribution in [-0.2, 0) is 9.59 Å². The van der Waals surface area contributed by atoms with Crippen LogP contribution in [0.4, 0.5) is 0 Å². The molecule has 2 aliphatic rings. The van der Waals surface area contributed by atoms with E-state index in [1.807, 2.05) is 0 Å².